The summed E-state index contributed by atoms with van der Waals surface area (Å²) in [4.78, 5) is 16.0. The highest BCUT2D eigenvalue weighted by Crippen LogP contribution is 2.19. The fourth-order valence-electron chi connectivity index (χ4n) is 2.48. The highest BCUT2D eigenvalue weighted by atomic mass is 32.2. The number of nitrogens with one attached hydrogen (secondary N) is 1. The summed E-state index contributed by atoms with van der Waals surface area (Å²) in [5.74, 6) is -4.00. The molecule has 0 bridgehead atoms. The molecule has 0 aliphatic carbocycles. The van der Waals surface area contributed by atoms with Crippen LogP contribution in [0.15, 0.2) is 77.8 Å². The molecule has 1 aromatic heterocycles. The van der Waals surface area contributed by atoms with Gasteiger partial charge in [0, 0.05) is 17.4 Å². The Hall–Kier alpha value is -3.39. The predicted molar refractivity (Wildman–Crippen MR) is 107 cm³/mol. The van der Waals surface area contributed by atoms with Gasteiger partial charge in [0.2, 0.25) is 9.84 Å². The number of nitrogens with zero attached hydrogens (tertiary/aromatic N) is 1. The number of pyridine rings is 1. The Labute approximate surface area is 166 Å². The van der Waals surface area contributed by atoms with Crippen LogP contribution in [0.1, 0.15) is 21.6 Å². The fourth-order valence-corrected chi connectivity index (χ4v) is 3.20. The maximum absolute atomic E-state index is 12.6. The van der Waals surface area contributed by atoms with Gasteiger partial charge < -0.3 is 5.32 Å². The standard InChI is InChI=1S/C21H16F2N2O3S/c22-21(23)29(27,28)19-11-8-16(9-12-19)20(26)25-18-6-3-4-15(14-18)7-10-17-5-1-2-13-24-17/h1-14,21H,(H,25,26)/b10-7+. The Balaban J connectivity index is 1.72. The third kappa shape index (κ3) is 5.11. The number of halogens is 2. The number of amides is 1. The van der Waals surface area contributed by atoms with Crippen molar-refractivity contribution in [2.24, 2.45) is 0 Å². The molecule has 0 fully saturated rings. The molecular weight excluding hydrogens is 398 g/mol. The van der Waals surface area contributed by atoms with Gasteiger partial charge in [-0.1, -0.05) is 24.3 Å². The van der Waals surface area contributed by atoms with E-state index in [2.05, 4.69) is 10.3 Å². The summed E-state index contributed by atoms with van der Waals surface area (Å²) in [7, 11) is -4.69. The third-order valence-corrected chi connectivity index (χ3v) is 5.36. The highest BCUT2D eigenvalue weighted by molar-refractivity contribution is 7.91. The van der Waals surface area contributed by atoms with Crippen molar-refractivity contribution in [3.05, 3.63) is 89.7 Å². The van der Waals surface area contributed by atoms with Crippen LogP contribution < -0.4 is 5.32 Å². The summed E-state index contributed by atoms with van der Waals surface area (Å²) in [6.45, 7) is 0. The summed E-state index contributed by atoms with van der Waals surface area (Å²) < 4.78 is 48.0. The molecule has 1 heterocycles. The smallest absolute Gasteiger partial charge is 0.322 e. The van der Waals surface area contributed by atoms with Crippen molar-refractivity contribution in [3.63, 3.8) is 0 Å². The second kappa shape index (κ2) is 8.74. The van der Waals surface area contributed by atoms with Gasteiger partial charge >= 0.3 is 5.76 Å². The number of aromatic nitrogens is 1. The molecule has 0 saturated heterocycles. The first kappa shape index (κ1) is 20.3. The molecule has 148 valence electrons. The quantitative estimate of drug-likeness (QED) is 0.644. The molecule has 0 atom stereocenters. The van der Waals surface area contributed by atoms with Gasteiger partial charge in [0.25, 0.3) is 5.91 Å². The Morgan fingerprint density at radius 1 is 0.966 bits per heavy atom. The van der Waals surface area contributed by atoms with Crippen LogP contribution in [0.5, 0.6) is 0 Å². The molecule has 5 nitrogen and oxygen atoms in total. The van der Waals surface area contributed by atoms with Crippen molar-refractivity contribution in [2.45, 2.75) is 10.7 Å². The lowest BCUT2D eigenvalue weighted by atomic mass is 10.1. The topological polar surface area (TPSA) is 76.1 Å². The zero-order chi connectivity index (χ0) is 20.9. The van der Waals surface area contributed by atoms with Gasteiger partial charge in [0.15, 0.2) is 0 Å². The van der Waals surface area contributed by atoms with E-state index in [1.807, 2.05) is 36.4 Å². The van der Waals surface area contributed by atoms with Crippen molar-refractivity contribution in [2.75, 3.05) is 5.32 Å². The highest BCUT2D eigenvalue weighted by Gasteiger charge is 2.26. The number of anilines is 1. The van der Waals surface area contributed by atoms with E-state index >= 15 is 0 Å². The second-order valence-corrected chi connectivity index (χ2v) is 7.92. The molecule has 0 aliphatic heterocycles. The number of rotatable bonds is 6. The maximum atomic E-state index is 12.6. The minimum atomic E-state index is -4.69. The molecule has 2 aromatic carbocycles. The molecule has 29 heavy (non-hydrogen) atoms. The van der Waals surface area contributed by atoms with E-state index in [4.69, 9.17) is 0 Å². The normalized spacial score (nSPS) is 11.7. The SMILES string of the molecule is O=C(Nc1cccc(/C=C/c2ccccn2)c1)c1ccc(S(=O)(=O)C(F)F)cc1. The van der Waals surface area contributed by atoms with Gasteiger partial charge in [-0.3, -0.25) is 9.78 Å². The number of alkyl halides is 2. The van der Waals surface area contributed by atoms with Crippen molar-refractivity contribution in [1.82, 2.24) is 4.98 Å². The molecule has 8 heteroatoms. The van der Waals surface area contributed by atoms with Gasteiger partial charge in [-0.15, -0.1) is 0 Å². The van der Waals surface area contributed by atoms with E-state index in [0.717, 1.165) is 23.4 Å². The first-order valence-electron chi connectivity index (χ1n) is 8.49. The molecule has 1 amide bonds. The number of carbonyl (C=O) groups excluding carboxylic acids is 1. The van der Waals surface area contributed by atoms with Crippen LogP contribution in [-0.4, -0.2) is 25.1 Å². The summed E-state index contributed by atoms with van der Waals surface area (Å²) in [5.41, 5.74) is 2.31. The Kier molecular flexibility index (Phi) is 6.13. The number of benzene rings is 2. The third-order valence-electron chi connectivity index (χ3n) is 3.96. The number of sulfone groups is 1. The summed E-state index contributed by atoms with van der Waals surface area (Å²) in [6, 6.07) is 17.0. The average Bonchev–Trinajstić information content (AvgIpc) is 2.73. The Bertz CT molecular complexity index is 1130. The van der Waals surface area contributed by atoms with Crippen LogP contribution in [0.4, 0.5) is 14.5 Å². The van der Waals surface area contributed by atoms with E-state index in [9.17, 15) is 22.0 Å². The van der Waals surface area contributed by atoms with Crippen LogP contribution in [0, 0.1) is 0 Å². The molecule has 0 saturated carbocycles. The lowest BCUT2D eigenvalue weighted by molar-refractivity contribution is 0.102. The van der Waals surface area contributed by atoms with Gasteiger partial charge in [-0.2, -0.15) is 8.78 Å². The molecule has 0 unspecified atom stereocenters. The first-order valence-corrected chi connectivity index (χ1v) is 10.0. The van der Waals surface area contributed by atoms with E-state index in [1.165, 1.54) is 12.1 Å². The van der Waals surface area contributed by atoms with E-state index in [-0.39, 0.29) is 5.56 Å². The fraction of sp³-hybridized carbons (Fsp3) is 0.0476. The summed E-state index contributed by atoms with van der Waals surface area (Å²) in [6.07, 6.45) is 5.37. The molecule has 0 spiro atoms. The minimum absolute atomic E-state index is 0.146. The van der Waals surface area contributed by atoms with Crippen molar-refractivity contribution >= 4 is 33.6 Å². The zero-order valence-corrected chi connectivity index (χ0v) is 15.8. The van der Waals surface area contributed by atoms with Crippen molar-refractivity contribution in [3.8, 4) is 0 Å². The zero-order valence-electron chi connectivity index (χ0n) is 15.0. The van der Waals surface area contributed by atoms with E-state index in [0.29, 0.717) is 5.69 Å². The Morgan fingerprint density at radius 2 is 1.72 bits per heavy atom. The predicted octanol–water partition coefficient (Wildman–Crippen LogP) is 4.50. The van der Waals surface area contributed by atoms with Crippen LogP contribution >= 0.6 is 0 Å². The first-order chi connectivity index (χ1) is 13.9. The summed E-state index contributed by atoms with van der Waals surface area (Å²) >= 11 is 0. The minimum Gasteiger partial charge on any atom is -0.322 e. The maximum Gasteiger partial charge on any atom is 0.341 e. The van der Waals surface area contributed by atoms with Crippen molar-refractivity contribution in [1.29, 1.82) is 0 Å². The van der Waals surface area contributed by atoms with E-state index in [1.54, 1.807) is 24.4 Å². The largest absolute Gasteiger partial charge is 0.341 e. The molecular formula is C21H16F2N2O3S. The van der Waals surface area contributed by atoms with E-state index < -0.39 is 26.4 Å². The average molecular weight is 414 g/mol. The van der Waals surface area contributed by atoms with Crippen LogP contribution in [0.2, 0.25) is 0 Å². The molecule has 1 N–H and O–H groups in total. The van der Waals surface area contributed by atoms with Gasteiger partial charge in [-0.25, -0.2) is 8.42 Å². The monoisotopic (exact) mass is 414 g/mol. The second-order valence-electron chi connectivity index (χ2n) is 6.00. The lowest BCUT2D eigenvalue weighted by Crippen LogP contribution is -2.14. The lowest BCUT2D eigenvalue weighted by Gasteiger charge is -2.07. The van der Waals surface area contributed by atoms with Gasteiger partial charge in [-0.05, 0) is 60.2 Å². The number of hydrogen-bond donors (Lipinski definition) is 1. The van der Waals surface area contributed by atoms with Crippen LogP contribution in [0.25, 0.3) is 12.2 Å². The van der Waals surface area contributed by atoms with Gasteiger partial charge in [0.1, 0.15) is 0 Å². The Morgan fingerprint density at radius 3 is 2.38 bits per heavy atom. The summed E-state index contributed by atoms with van der Waals surface area (Å²) in [5, 5.41) is 2.69. The van der Waals surface area contributed by atoms with Crippen molar-refractivity contribution < 1.29 is 22.0 Å². The number of carbonyl (C=O) groups is 1. The van der Waals surface area contributed by atoms with Crippen LogP contribution in [0.3, 0.4) is 0 Å². The number of hydrogen-bond acceptors (Lipinski definition) is 4. The molecule has 3 aromatic rings. The molecule has 0 aliphatic rings. The van der Waals surface area contributed by atoms with Crippen LogP contribution in [-0.2, 0) is 9.84 Å². The van der Waals surface area contributed by atoms with Gasteiger partial charge in [0.05, 0.1) is 10.6 Å². The molecule has 0 radical (unpaired) electrons. The molecule has 3 rings (SSSR count).